The zero-order valence-corrected chi connectivity index (χ0v) is 19.4. The summed E-state index contributed by atoms with van der Waals surface area (Å²) in [5.41, 5.74) is 3.70. The van der Waals surface area contributed by atoms with Gasteiger partial charge in [0, 0.05) is 17.9 Å². The number of phenols is 1. The Morgan fingerprint density at radius 1 is 1.14 bits per heavy atom. The highest BCUT2D eigenvalue weighted by atomic mass is 16.5. The van der Waals surface area contributed by atoms with E-state index in [1.54, 1.807) is 6.07 Å². The third-order valence-corrected chi connectivity index (χ3v) is 7.40. The lowest BCUT2D eigenvalue weighted by Gasteiger charge is -2.45. The molecule has 9 nitrogen and oxygen atoms in total. The SMILES string of the molecule is CCOc1cccc(-c2ccc(O)c3c2C[C@H]2C[C@H]4CC(O)=C(C(N)=O)C(=O)[C@@]4(O)C(O)=C2C3=O)c1. The summed E-state index contributed by atoms with van der Waals surface area (Å²) in [4.78, 5) is 38.4. The van der Waals surface area contributed by atoms with E-state index in [0.29, 0.717) is 23.5 Å². The summed E-state index contributed by atoms with van der Waals surface area (Å²) < 4.78 is 5.60. The number of aliphatic hydroxyl groups excluding tert-OH is 2. The Bertz CT molecular complexity index is 1400. The molecule has 2 aromatic carbocycles. The van der Waals surface area contributed by atoms with Crippen molar-refractivity contribution in [1.29, 1.82) is 0 Å². The van der Waals surface area contributed by atoms with Crippen molar-refractivity contribution in [2.45, 2.75) is 31.8 Å². The van der Waals surface area contributed by atoms with E-state index in [1.165, 1.54) is 6.07 Å². The molecule has 0 spiro atoms. The number of aliphatic hydroxyl groups is 3. The first-order valence-electron chi connectivity index (χ1n) is 11.6. The van der Waals surface area contributed by atoms with E-state index < -0.39 is 52.0 Å². The Morgan fingerprint density at radius 3 is 2.58 bits per heavy atom. The quantitative estimate of drug-likeness (QED) is 0.407. The number of Topliss-reactive ketones (excluding diaryl/α,β-unsaturated/α-hetero) is 2. The van der Waals surface area contributed by atoms with Crippen molar-refractivity contribution in [2.24, 2.45) is 17.6 Å². The number of fused-ring (bicyclic) bond motifs is 3. The van der Waals surface area contributed by atoms with Crippen molar-refractivity contribution in [1.82, 2.24) is 0 Å². The summed E-state index contributed by atoms with van der Waals surface area (Å²) in [7, 11) is 0. The van der Waals surface area contributed by atoms with Crippen molar-refractivity contribution < 1.29 is 39.5 Å². The molecular weight excluding hydrogens is 466 g/mol. The van der Waals surface area contributed by atoms with Crippen LogP contribution in [0.4, 0.5) is 0 Å². The summed E-state index contributed by atoms with van der Waals surface area (Å²) in [6.45, 7) is 2.35. The number of ether oxygens (including phenoxy) is 1. The Morgan fingerprint density at radius 2 is 1.89 bits per heavy atom. The molecule has 0 heterocycles. The average Bonchev–Trinajstić information content (AvgIpc) is 2.81. The van der Waals surface area contributed by atoms with Crippen LogP contribution in [0.15, 0.2) is 59.1 Å². The summed E-state index contributed by atoms with van der Waals surface area (Å²) >= 11 is 0. The molecule has 0 bridgehead atoms. The fourth-order valence-corrected chi connectivity index (χ4v) is 5.81. The minimum atomic E-state index is -2.57. The Labute approximate surface area is 206 Å². The molecule has 3 atom stereocenters. The number of ketones is 2. The van der Waals surface area contributed by atoms with Crippen LogP contribution in [0.5, 0.6) is 11.5 Å². The highest BCUT2D eigenvalue weighted by molar-refractivity contribution is 6.24. The first-order chi connectivity index (χ1) is 17.1. The van der Waals surface area contributed by atoms with Crippen molar-refractivity contribution >= 4 is 17.5 Å². The summed E-state index contributed by atoms with van der Waals surface area (Å²) in [5.74, 6) is -5.81. The van der Waals surface area contributed by atoms with Crippen molar-refractivity contribution in [3.63, 3.8) is 0 Å². The number of nitrogens with two attached hydrogens (primary N) is 1. The van der Waals surface area contributed by atoms with E-state index in [4.69, 9.17) is 10.5 Å². The minimum absolute atomic E-state index is 0.0223. The predicted molar refractivity (Wildman–Crippen MR) is 127 cm³/mol. The van der Waals surface area contributed by atoms with Gasteiger partial charge in [0.15, 0.2) is 11.4 Å². The molecule has 0 aliphatic heterocycles. The van der Waals surface area contributed by atoms with Crippen LogP contribution in [0.25, 0.3) is 11.1 Å². The second-order valence-electron chi connectivity index (χ2n) is 9.36. The molecule has 0 saturated heterocycles. The number of primary amides is 1. The van der Waals surface area contributed by atoms with Gasteiger partial charge in [0.05, 0.1) is 12.2 Å². The summed E-state index contributed by atoms with van der Waals surface area (Å²) in [6, 6.07) is 10.4. The highest BCUT2D eigenvalue weighted by Crippen LogP contribution is 2.52. The van der Waals surface area contributed by atoms with Crippen molar-refractivity contribution in [2.75, 3.05) is 6.61 Å². The molecule has 186 valence electrons. The van der Waals surface area contributed by atoms with E-state index in [0.717, 1.165) is 5.56 Å². The molecule has 5 rings (SSSR count). The fourth-order valence-electron chi connectivity index (χ4n) is 5.81. The molecule has 0 aromatic heterocycles. The fraction of sp³-hybridized carbons (Fsp3) is 0.296. The summed E-state index contributed by atoms with van der Waals surface area (Å²) in [6.07, 6.45) is 0.0483. The molecule has 2 aromatic rings. The molecule has 0 fully saturated rings. The standard InChI is InChI=1S/C27H25NO8/c1-2-36-15-5-3-4-12(9-15)16-6-7-18(29)21-17(16)10-13-8-14-11-19(30)22(26(28)34)25(33)27(14,35)24(32)20(13)23(21)31/h3-7,9,13-14,29-30,32,35H,2,8,10-11H2,1H3,(H2,28,34)/t13-,14+,27+/m1/s1. The molecule has 0 saturated carbocycles. The second kappa shape index (κ2) is 8.23. The van der Waals surface area contributed by atoms with Gasteiger partial charge in [-0.25, -0.2) is 0 Å². The average molecular weight is 491 g/mol. The lowest BCUT2D eigenvalue weighted by atomic mass is 9.60. The van der Waals surface area contributed by atoms with Crippen molar-refractivity contribution in [3.05, 3.63) is 70.2 Å². The number of benzene rings is 2. The third kappa shape index (κ3) is 3.23. The van der Waals surface area contributed by atoms with Gasteiger partial charge in [-0.05, 0) is 60.6 Å². The smallest absolute Gasteiger partial charge is 0.255 e. The zero-order chi connectivity index (χ0) is 25.9. The van der Waals surface area contributed by atoms with Gasteiger partial charge in [0.1, 0.15) is 28.6 Å². The molecule has 9 heteroatoms. The number of hydrogen-bond acceptors (Lipinski definition) is 8. The molecule has 3 aliphatic carbocycles. The number of aromatic hydroxyl groups is 1. The maximum Gasteiger partial charge on any atom is 0.255 e. The van der Waals surface area contributed by atoms with Gasteiger partial charge in [-0.1, -0.05) is 18.2 Å². The number of rotatable bonds is 4. The Balaban J connectivity index is 1.66. The largest absolute Gasteiger partial charge is 0.511 e. The van der Waals surface area contributed by atoms with Crippen LogP contribution in [0.1, 0.15) is 35.7 Å². The molecule has 36 heavy (non-hydrogen) atoms. The first kappa shape index (κ1) is 23.6. The van der Waals surface area contributed by atoms with E-state index in [1.807, 2.05) is 31.2 Å². The number of carbonyl (C=O) groups is 3. The van der Waals surface area contributed by atoms with E-state index >= 15 is 0 Å². The molecule has 0 radical (unpaired) electrons. The number of allylic oxidation sites excluding steroid dienone is 2. The maximum atomic E-state index is 13.7. The van der Waals surface area contributed by atoms with Crippen LogP contribution >= 0.6 is 0 Å². The first-order valence-corrected chi connectivity index (χ1v) is 11.6. The van der Waals surface area contributed by atoms with Gasteiger partial charge in [-0.15, -0.1) is 0 Å². The monoisotopic (exact) mass is 491 g/mol. The van der Waals surface area contributed by atoms with Crippen LogP contribution in [0, 0.1) is 11.8 Å². The number of amides is 1. The van der Waals surface area contributed by atoms with Crippen LogP contribution in [-0.4, -0.2) is 50.1 Å². The molecule has 3 aliphatic rings. The molecule has 6 N–H and O–H groups in total. The summed E-state index contributed by atoms with van der Waals surface area (Å²) in [5, 5.41) is 43.4. The van der Waals surface area contributed by atoms with Gasteiger partial charge in [-0.3, -0.25) is 14.4 Å². The minimum Gasteiger partial charge on any atom is -0.511 e. The lowest BCUT2D eigenvalue weighted by Crippen LogP contribution is -2.57. The van der Waals surface area contributed by atoms with Gasteiger partial charge >= 0.3 is 0 Å². The van der Waals surface area contributed by atoms with E-state index in [9.17, 15) is 34.8 Å². The predicted octanol–water partition coefficient (Wildman–Crippen LogP) is 2.65. The van der Waals surface area contributed by atoms with Gasteiger partial charge in [0.25, 0.3) is 5.91 Å². The molecule has 1 amide bonds. The Hall–Kier alpha value is -4.11. The van der Waals surface area contributed by atoms with Crippen LogP contribution in [0.2, 0.25) is 0 Å². The molecular formula is C27H25NO8. The van der Waals surface area contributed by atoms with Crippen LogP contribution in [0.3, 0.4) is 0 Å². The molecule has 0 unspecified atom stereocenters. The topological polar surface area (TPSA) is 167 Å². The van der Waals surface area contributed by atoms with E-state index in [2.05, 4.69) is 0 Å². The van der Waals surface area contributed by atoms with Crippen LogP contribution < -0.4 is 10.5 Å². The maximum absolute atomic E-state index is 13.7. The third-order valence-electron chi connectivity index (χ3n) is 7.40. The lowest BCUT2D eigenvalue weighted by molar-refractivity contribution is -0.144. The zero-order valence-electron chi connectivity index (χ0n) is 19.4. The number of phenolic OH excluding ortho intramolecular Hbond substituents is 1. The van der Waals surface area contributed by atoms with Gasteiger partial charge < -0.3 is 30.9 Å². The van der Waals surface area contributed by atoms with Crippen LogP contribution in [-0.2, 0) is 16.0 Å². The van der Waals surface area contributed by atoms with Gasteiger partial charge in [0.2, 0.25) is 5.78 Å². The van der Waals surface area contributed by atoms with E-state index in [-0.39, 0.29) is 36.1 Å². The number of hydrogen-bond donors (Lipinski definition) is 5. The second-order valence-corrected chi connectivity index (χ2v) is 9.36. The van der Waals surface area contributed by atoms with Crippen molar-refractivity contribution in [3.8, 4) is 22.6 Å². The van der Waals surface area contributed by atoms with Gasteiger partial charge in [-0.2, -0.15) is 0 Å². The Kier molecular flexibility index (Phi) is 5.40. The number of carbonyl (C=O) groups excluding carboxylic acids is 3. The highest BCUT2D eigenvalue weighted by Gasteiger charge is 2.59. The normalized spacial score (nSPS) is 25.3.